The van der Waals surface area contributed by atoms with Crippen molar-refractivity contribution in [3.8, 4) is 11.5 Å². The van der Waals surface area contributed by atoms with E-state index < -0.39 is 0 Å². The molecule has 0 aliphatic carbocycles. The van der Waals surface area contributed by atoms with E-state index in [0.717, 1.165) is 30.6 Å². The maximum absolute atomic E-state index is 13.1. The summed E-state index contributed by atoms with van der Waals surface area (Å²) < 4.78 is 18.9. The van der Waals surface area contributed by atoms with Gasteiger partial charge < -0.3 is 19.4 Å². The monoisotopic (exact) mass is 475 g/mol. The summed E-state index contributed by atoms with van der Waals surface area (Å²) >= 11 is 0. The number of anilines is 2. The van der Waals surface area contributed by atoms with Gasteiger partial charge in [0.1, 0.15) is 17.3 Å². The molecule has 8 heteroatoms. The molecule has 35 heavy (non-hydrogen) atoms. The second-order valence-electron chi connectivity index (χ2n) is 9.28. The quantitative estimate of drug-likeness (QED) is 0.537. The van der Waals surface area contributed by atoms with E-state index in [0.29, 0.717) is 43.2 Å². The molecule has 182 valence electrons. The maximum Gasteiger partial charge on any atom is 0.254 e. The molecule has 0 spiro atoms. The molecular formula is C27H30FN5O2. The van der Waals surface area contributed by atoms with Gasteiger partial charge in [0.15, 0.2) is 11.6 Å². The predicted molar refractivity (Wildman–Crippen MR) is 134 cm³/mol. The number of carbonyl (C=O) groups excluding carboxylic acids is 1. The van der Waals surface area contributed by atoms with Crippen molar-refractivity contribution in [3.63, 3.8) is 0 Å². The Morgan fingerprint density at radius 3 is 2.09 bits per heavy atom. The lowest BCUT2D eigenvalue weighted by molar-refractivity contribution is 0.0746. The summed E-state index contributed by atoms with van der Waals surface area (Å²) in [6.45, 7) is 6.98. The third-order valence-electron chi connectivity index (χ3n) is 6.77. The first kappa shape index (κ1) is 23.1. The number of aromatic nitrogens is 2. The Hall–Kier alpha value is -3.68. The number of nitrogens with zero attached hydrogens (tertiary/aromatic N) is 5. The van der Waals surface area contributed by atoms with Gasteiger partial charge >= 0.3 is 0 Å². The van der Waals surface area contributed by atoms with Gasteiger partial charge in [0.2, 0.25) is 0 Å². The number of rotatable bonds is 5. The molecule has 7 nitrogen and oxygen atoms in total. The van der Waals surface area contributed by atoms with Gasteiger partial charge in [-0.25, -0.2) is 4.39 Å². The number of hydrogen-bond donors (Lipinski definition) is 0. The van der Waals surface area contributed by atoms with Crippen LogP contribution in [0.2, 0.25) is 0 Å². The van der Waals surface area contributed by atoms with Crippen LogP contribution in [0.1, 0.15) is 30.1 Å². The highest BCUT2D eigenvalue weighted by molar-refractivity contribution is 5.94. The van der Waals surface area contributed by atoms with Crippen LogP contribution < -0.4 is 14.5 Å². The van der Waals surface area contributed by atoms with E-state index in [1.54, 1.807) is 36.4 Å². The summed E-state index contributed by atoms with van der Waals surface area (Å²) in [5.41, 5.74) is 0.568. The van der Waals surface area contributed by atoms with Crippen LogP contribution in [0.5, 0.6) is 11.5 Å². The van der Waals surface area contributed by atoms with Gasteiger partial charge in [0.05, 0.1) is 0 Å². The fourth-order valence-corrected chi connectivity index (χ4v) is 4.55. The molecule has 1 amide bonds. The number of piperazine rings is 1. The first-order chi connectivity index (χ1) is 17.0. The topological polar surface area (TPSA) is 61.8 Å². The Morgan fingerprint density at radius 1 is 0.829 bits per heavy atom. The lowest BCUT2D eigenvalue weighted by atomic mass is 9.99. The Kier molecular flexibility index (Phi) is 6.79. The molecule has 0 radical (unpaired) electrons. The molecule has 3 heterocycles. The molecular weight excluding hydrogens is 445 g/mol. The van der Waals surface area contributed by atoms with E-state index in [1.165, 1.54) is 25.0 Å². The lowest BCUT2D eigenvalue weighted by Crippen LogP contribution is -2.49. The van der Waals surface area contributed by atoms with E-state index in [9.17, 15) is 9.18 Å². The predicted octanol–water partition coefficient (Wildman–Crippen LogP) is 4.61. The van der Waals surface area contributed by atoms with Crippen molar-refractivity contribution in [2.45, 2.75) is 19.8 Å². The van der Waals surface area contributed by atoms with Crippen molar-refractivity contribution in [1.29, 1.82) is 0 Å². The van der Waals surface area contributed by atoms with E-state index in [2.05, 4.69) is 33.0 Å². The van der Waals surface area contributed by atoms with Crippen LogP contribution in [-0.4, -0.2) is 60.3 Å². The fourth-order valence-electron chi connectivity index (χ4n) is 4.55. The summed E-state index contributed by atoms with van der Waals surface area (Å²) in [6, 6.07) is 17.0. The highest BCUT2D eigenvalue weighted by Crippen LogP contribution is 2.25. The van der Waals surface area contributed by atoms with E-state index in [-0.39, 0.29) is 11.7 Å². The van der Waals surface area contributed by atoms with Gasteiger partial charge in [-0.2, -0.15) is 0 Å². The van der Waals surface area contributed by atoms with Gasteiger partial charge in [-0.1, -0.05) is 13.0 Å². The van der Waals surface area contributed by atoms with Crippen LogP contribution >= 0.6 is 0 Å². The largest absolute Gasteiger partial charge is 0.457 e. The third kappa shape index (κ3) is 5.53. The van der Waals surface area contributed by atoms with Gasteiger partial charge in [-0.15, -0.1) is 10.2 Å². The first-order valence-corrected chi connectivity index (χ1v) is 12.2. The van der Waals surface area contributed by atoms with Crippen LogP contribution in [0.15, 0.2) is 60.7 Å². The first-order valence-electron chi connectivity index (χ1n) is 12.2. The minimum absolute atomic E-state index is 0.0324. The Labute approximate surface area is 205 Å². The standard InChI is InChI=1S/C27H30FN5O2/c1-20-11-13-31(14-12-20)25-9-10-26(30-29-25)32-15-17-33(18-16-32)27(34)21-3-2-4-24(19-21)35-23-7-5-22(28)6-8-23/h2-10,19-20H,11-18H2,1H3. The number of benzene rings is 2. The minimum atomic E-state index is -0.320. The molecule has 0 N–H and O–H groups in total. The molecule has 0 bridgehead atoms. The number of hydrogen-bond acceptors (Lipinski definition) is 6. The number of carbonyl (C=O) groups is 1. The molecule has 0 unspecified atom stereocenters. The molecule has 2 saturated heterocycles. The summed E-state index contributed by atoms with van der Waals surface area (Å²) in [5.74, 6) is 3.28. The SMILES string of the molecule is CC1CCN(c2ccc(N3CCN(C(=O)c4cccc(Oc5ccc(F)cc5)c4)CC3)nn2)CC1. The van der Waals surface area contributed by atoms with Crippen molar-refractivity contribution >= 4 is 17.5 Å². The highest BCUT2D eigenvalue weighted by atomic mass is 19.1. The molecule has 2 aromatic carbocycles. The summed E-state index contributed by atoms with van der Waals surface area (Å²) in [5, 5.41) is 8.94. The average molecular weight is 476 g/mol. The van der Waals surface area contributed by atoms with E-state index in [1.807, 2.05) is 11.0 Å². The minimum Gasteiger partial charge on any atom is -0.457 e. The van der Waals surface area contributed by atoms with Crippen LogP contribution in [0, 0.1) is 11.7 Å². The summed E-state index contributed by atoms with van der Waals surface area (Å²) in [6.07, 6.45) is 2.39. The number of ether oxygens (including phenoxy) is 1. The molecule has 3 aromatic rings. The van der Waals surface area contributed by atoms with Crippen molar-refractivity contribution in [2.75, 3.05) is 49.1 Å². The lowest BCUT2D eigenvalue weighted by Gasteiger charge is -2.35. The molecule has 0 saturated carbocycles. The van der Waals surface area contributed by atoms with Crippen molar-refractivity contribution in [3.05, 3.63) is 72.0 Å². The molecule has 2 fully saturated rings. The molecule has 0 atom stereocenters. The number of halogens is 1. The Balaban J connectivity index is 1.16. The van der Waals surface area contributed by atoms with Gasteiger partial charge in [0.25, 0.3) is 5.91 Å². The normalized spacial score (nSPS) is 16.9. The van der Waals surface area contributed by atoms with Gasteiger partial charge in [-0.3, -0.25) is 4.79 Å². The van der Waals surface area contributed by atoms with Gasteiger partial charge in [-0.05, 0) is 73.4 Å². The van der Waals surface area contributed by atoms with Crippen LogP contribution in [0.25, 0.3) is 0 Å². The van der Waals surface area contributed by atoms with Crippen molar-refractivity contribution in [1.82, 2.24) is 15.1 Å². The summed E-state index contributed by atoms with van der Waals surface area (Å²) in [7, 11) is 0. The summed E-state index contributed by atoms with van der Waals surface area (Å²) in [4.78, 5) is 19.4. The molecule has 2 aliphatic rings. The maximum atomic E-state index is 13.1. The molecule has 1 aromatic heterocycles. The molecule has 2 aliphatic heterocycles. The average Bonchev–Trinajstić information content (AvgIpc) is 2.90. The second kappa shape index (κ2) is 10.3. The van der Waals surface area contributed by atoms with E-state index >= 15 is 0 Å². The Morgan fingerprint density at radius 2 is 1.46 bits per heavy atom. The third-order valence-corrected chi connectivity index (χ3v) is 6.77. The Bertz CT molecular complexity index is 1140. The van der Waals surface area contributed by atoms with Crippen LogP contribution in [0.4, 0.5) is 16.0 Å². The fraction of sp³-hybridized carbons (Fsp3) is 0.370. The van der Waals surface area contributed by atoms with E-state index in [4.69, 9.17) is 4.74 Å². The smallest absolute Gasteiger partial charge is 0.254 e. The number of piperidine rings is 1. The highest BCUT2D eigenvalue weighted by Gasteiger charge is 2.24. The molecule has 5 rings (SSSR count). The van der Waals surface area contributed by atoms with Gasteiger partial charge in [0, 0.05) is 44.8 Å². The zero-order chi connectivity index (χ0) is 24.2. The second-order valence-corrected chi connectivity index (χ2v) is 9.28. The zero-order valence-electron chi connectivity index (χ0n) is 19.9. The van der Waals surface area contributed by atoms with Crippen LogP contribution in [0.3, 0.4) is 0 Å². The van der Waals surface area contributed by atoms with Crippen molar-refractivity contribution in [2.24, 2.45) is 5.92 Å². The zero-order valence-corrected chi connectivity index (χ0v) is 19.9. The number of amides is 1. The van der Waals surface area contributed by atoms with Crippen LogP contribution in [-0.2, 0) is 0 Å². The van der Waals surface area contributed by atoms with Crippen molar-refractivity contribution < 1.29 is 13.9 Å².